The van der Waals surface area contributed by atoms with Gasteiger partial charge in [-0.3, -0.25) is 0 Å². The molecule has 0 aliphatic carbocycles. The number of nitrogens with one attached hydrogen (secondary N) is 2. The first-order chi connectivity index (χ1) is 7.44. The molecule has 0 saturated heterocycles. The molecule has 0 aliphatic heterocycles. The number of halogens is 2. The van der Waals surface area contributed by atoms with Crippen molar-refractivity contribution in [3.8, 4) is 0 Å². The third-order valence-electron chi connectivity index (χ3n) is 1.78. The van der Waals surface area contributed by atoms with E-state index in [9.17, 15) is 17.2 Å². The SMILES string of the molecule is CNS(=O)(=O)CCNc1ncc(F)cc1F. The minimum atomic E-state index is -3.35. The van der Waals surface area contributed by atoms with Crippen LogP contribution < -0.4 is 10.0 Å². The van der Waals surface area contributed by atoms with Crippen molar-refractivity contribution >= 4 is 15.8 Å². The first kappa shape index (κ1) is 12.8. The van der Waals surface area contributed by atoms with Crippen molar-refractivity contribution in [1.82, 2.24) is 9.71 Å². The van der Waals surface area contributed by atoms with Crippen molar-refractivity contribution in [3.63, 3.8) is 0 Å². The second-order valence-corrected chi connectivity index (χ2v) is 4.98. The van der Waals surface area contributed by atoms with Gasteiger partial charge in [0.15, 0.2) is 11.6 Å². The van der Waals surface area contributed by atoms with Crippen LogP contribution in [-0.4, -0.2) is 32.7 Å². The maximum atomic E-state index is 13.0. The van der Waals surface area contributed by atoms with E-state index in [0.717, 1.165) is 6.20 Å². The molecule has 2 N–H and O–H groups in total. The molecule has 1 aromatic heterocycles. The molecule has 90 valence electrons. The highest BCUT2D eigenvalue weighted by atomic mass is 32.2. The van der Waals surface area contributed by atoms with E-state index in [2.05, 4.69) is 15.0 Å². The zero-order valence-electron chi connectivity index (χ0n) is 8.50. The van der Waals surface area contributed by atoms with Gasteiger partial charge >= 0.3 is 0 Å². The molecule has 16 heavy (non-hydrogen) atoms. The number of anilines is 1. The van der Waals surface area contributed by atoms with E-state index in [4.69, 9.17) is 0 Å². The van der Waals surface area contributed by atoms with E-state index in [1.54, 1.807) is 0 Å². The molecule has 1 heterocycles. The highest BCUT2D eigenvalue weighted by Crippen LogP contribution is 2.10. The molecule has 0 atom stereocenters. The summed E-state index contributed by atoms with van der Waals surface area (Å²) in [6.07, 6.45) is 0.845. The van der Waals surface area contributed by atoms with Gasteiger partial charge in [-0.15, -0.1) is 0 Å². The Morgan fingerprint density at radius 3 is 2.69 bits per heavy atom. The fraction of sp³-hybridized carbons (Fsp3) is 0.375. The number of hydrogen-bond acceptors (Lipinski definition) is 4. The molecule has 0 aromatic carbocycles. The van der Waals surface area contributed by atoms with Gasteiger partial charge in [-0.2, -0.15) is 0 Å². The number of hydrogen-bond donors (Lipinski definition) is 2. The van der Waals surface area contributed by atoms with Crippen molar-refractivity contribution in [2.24, 2.45) is 0 Å². The van der Waals surface area contributed by atoms with Crippen molar-refractivity contribution in [2.75, 3.05) is 24.7 Å². The number of pyridine rings is 1. The molecule has 0 fully saturated rings. The molecule has 1 aromatic rings. The molecule has 0 spiro atoms. The van der Waals surface area contributed by atoms with Gasteiger partial charge in [-0.25, -0.2) is 26.9 Å². The minimum Gasteiger partial charge on any atom is -0.367 e. The topological polar surface area (TPSA) is 71.1 Å². The zero-order chi connectivity index (χ0) is 12.2. The maximum Gasteiger partial charge on any atom is 0.213 e. The van der Waals surface area contributed by atoms with Crippen molar-refractivity contribution < 1.29 is 17.2 Å². The highest BCUT2D eigenvalue weighted by Gasteiger charge is 2.08. The first-order valence-corrected chi connectivity index (χ1v) is 6.06. The Hall–Kier alpha value is -1.28. The summed E-state index contributed by atoms with van der Waals surface area (Å²) in [5.74, 6) is -2.04. The Morgan fingerprint density at radius 2 is 2.12 bits per heavy atom. The van der Waals surface area contributed by atoms with Gasteiger partial charge < -0.3 is 5.32 Å². The summed E-state index contributed by atoms with van der Waals surface area (Å²) in [6.45, 7) is -0.0152. The summed E-state index contributed by atoms with van der Waals surface area (Å²) in [7, 11) is -2.06. The van der Waals surface area contributed by atoms with E-state index < -0.39 is 21.7 Å². The van der Waals surface area contributed by atoms with Gasteiger partial charge in [-0.1, -0.05) is 0 Å². The fourth-order valence-corrected chi connectivity index (χ4v) is 1.53. The summed E-state index contributed by atoms with van der Waals surface area (Å²) in [5, 5.41) is 2.46. The Labute approximate surface area is 91.9 Å². The van der Waals surface area contributed by atoms with Crippen LogP contribution in [0, 0.1) is 11.6 Å². The highest BCUT2D eigenvalue weighted by molar-refractivity contribution is 7.89. The van der Waals surface area contributed by atoms with E-state index in [0.29, 0.717) is 6.07 Å². The average molecular weight is 251 g/mol. The predicted octanol–water partition coefficient (Wildman–Crippen LogP) is 0.321. The smallest absolute Gasteiger partial charge is 0.213 e. The van der Waals surface area contributed by atoms with Gasteiger partial charge in [0.2, 0.25) is 10.0 Å². The van der Waals surface area contributed by atoms with Crippen molar-refractivity contribution in [2.45, 2.75) is 0 Å². The van der Waals surface area contributed by atoms with Crippen LogP contribution in [0.15, 0.2) is 12.3 Å². The summed E-state index contributed by atoms with van der Waals surface area (Å²) < 4.78 is 49.6. The predicted molar refractivity (Wildman–Crippen MR) is 55.5 cm³/mol. The lowest BCUT2D eigenvalue weighted by Gasteiger charge is -2.06. The second-order valence-electron chi connectivity index (χ2n) is 2.93. The van der Waals surface area contributed by atoms with Crippen LogP contribution in [0.2, 0.25) is 0 Å². The van der Waals surface area contributed by atoms with Crippen molar-refractivity contribution in [3.05, 3.63) is 23.9 Å². The molecular formula is C8H11F2N3O2S. The molecule has 0 unspecified atom stereocenters. The van der Waals surface area contributed by atoms with Crippen molar-refractivity contribution in [1.29, 1.82) is 0 Å². The van der Waals surface area contributed by atoms with Crippen LogP contribution in [0.5, 0.6) is 0 Å². The van der Waals surface area contributed by atoms with Gasteiger partial charge in [0.05, 0.1) is 11.9 Å². The van der Waals surface area contributed by atoms with Gasteiger partial charge in [-0.05, 0) is 7.05 Å². The van der Waals surface area contributed by atoms with E-state index in [-0.39, 0.29) is 18.1 Å². The molecule has 0 radical (unpaired) electrons. The summed E-state index contributed by atoms with van der Waals surface area (Å²) in [6, 6.07) is 0.669. The molecule has 0 bridgehead atoms. The Kier molecular flexibility index (Phi) is 4.13. The van der Waals surface area contributed by atoms with E-state index >= 15 is 0 Å². The molecule has 0 saturated carbocycles. The number of rotatable bonds is 5. The maximum absolute atomic E-state index is 13.0. The minimum absolute atomic E-state index is 0.0152. The quantitative estimate of drug-likeness (QED) is 0.790. The zero-order valence-corrected chi connectivity index (χ0v) is 9.31. The number of aromatic nitrogens is 1. The normalized spacial score (nSPS) is 11.4. The summed E-state index contributed by atoms with van der Waals surface area (Å²) >= 11 is 0. The Balaban J connectivity index is 2.56. The van der Waals surface area contributed by atoms with Gasteiger partial charge in [0.1, 0.15) is 5.82 Å². The Bertz CT molecular complexity index is 464. The first-order valence-electron chi connectivity index (χ1n) is 4.41. The van der Waals surface area contributed by atoms with Gasteiger partial charge in [0.25, 0.3) is 0 Å². The molecule has 8 heteroatoms. The molecular weight excluding hydrogens is 240 g/mol. The van der Waals surface area contributed by atoms with Gasteiger partial charge in [0, 0.05) is 12.6 Å². The van der Waals surface area contributed by atoms with E-state index in [1.165, 1.54) is 7.05 Å². The van der Waals surface area contributed by atoms with Crippen LogP contribution in [0.3, 0.4) is 0 Å². The second kappa shape index (κ2) is 5.17. The van der Waals surface area contributed by atoms with Crippen LogP contribution in [-0.2, 0) is 10.0 Å². The van der Waals surface area contributed by atoms with Crippen LogP contribution in [0.25, 0.3) is 0 Å². The molecule has 1 rings (SSSR count). The summed E-state index contributed by atoms with van der Waals surface area (Å²) in [5.41, 5.74) is 0. The summed E-state index contributed by atoms with van der Waals surface area (Å²) in [4.78, 5) is 3.45. The molecule has 0 aliphatic rings. The van der Waals surface area contributed by atoms with Crippen LogP contribution in [0.1, 0.15) is 0 Å². The largest absolute Gasteiger partial charge is 0.367 e. The number of sulfonamides is 1. The lowest BCUT2D eigenvalue weighted by Crippen LogP contribution is -2.26. The third-order valence-corrected chi connectivity index (χ3v) is 3.15. The standard InChI is InChI=1S/C8H11F2N3O2S/c1-11-16(14,15)3-2-12-8-7(10)4-6(9)5-13-8/h4-5,11H,2-3H2,1H3,(H,12,13). The lowest BCUT2D eigenvalue weighted by molar-refractivity contribution is 0.574. The van der Waals surface area contributed by atoms with Crippen LogP contribution in [0.4, 0.5) is 14.6 Å². The molecule has 0 amide bonds. The molecule has 5 nitrogen and oxygen atoms in total. The Morgan fingerprint density at radius 1 is 1.44 bits per heavy atom. The third kappa shape index (κ3) is 3.70. The number of nitrogens with zero attached hydrogens (tertiary/aromatic N) is 1. The lowest BCUT2D eigenvalue weighted by atomic mass is 10.4. The van der Waals surface area contributed by atoms with Crippen LogP contribution >= 0.6 is 0 Å². The fourth-order valence-electron chi connectivity index (χ4n) is 0.951. The average Bonchev–Trinajstić information content (AvgIpc) is 2.21. The van der Waals surface area contributed by atoms with E-state index in [1.807, 2.05) is 0 Å². The monoisotopic (exact) mass is 251 g/mol.